The van der Waals surface area contributed by atoms with E-state index in [0.717, 1.165) is 25.7 Å². The van der Waals surface area contributed by atoms with Crippen molar-refractivity contribution in [2.24, 2.45) is 0 Å². The first-order valence-corrected chi connectivity index (χ1v) is 10.5. The number of rotatable bonds is 17. The van der Waals surface area contributed by atoms with Gasteiger partial charge in [-0.15, -0.1) is 0 Å². The van der Waals surface area contributed by atoms with Gasteiger partial charge >= 0.3 is 7.82 Å². The smallest absolute Gasteiger partial charge is 0.301 e. The van der Waals surface area contributed by atoms with Gasteiger partial charge in [0.15, 0.2) is 0 Å². The summed E-state index contributed by atoms with van der Waals surface area (Å²) in [6, 6.07) is 0. The molecule has 0 amide bonds. The molecule has 0 fully saturated rings. The van der Waals surface area contributed by atoms with Crippen LogP contribution in [0.5, 0.6) is 0 Å². The Labute approximate surface area is 136 Å². The van der Waals surface area contributed by atoms with Gasteiger partial charge in [0.25, 0.3) is 0 Å². The average molecular weight is 337 g/mol. The Bertz CT molecular complexity index is 277. The lowest BCUT2D eigenvalue weighted by atomic mass is 10.1. The molecule has 0 spiro atoms. The molecule has 0 saturated heterocycles. The van der Waals surface area contributed by atoms with Gasteiger partial charge < -0.3 is 4.89 Å². The summed E-state index contributed by atoms with van der Waals surface area (Å²) >= 11 is 0. The number of hydrogen-bond donors (Lipinski definition) is 2. The van der Waals surface area contributed by atoms with Crippen molar-refractivity contribution in [2.45, 2.75) is 90.9 Å². The molecule has 2 N–H and O–H groups in total. The summed E-state index contributed by atoms with van der Waals surface area (Å²) in [5.74, 6) is 0. The minimum atomic E-state index is -3.91. The molecule has 0 aromatic rings. The fourth-order valence-electron chi connectivity index (χ4n) is 2.16. The lowest BCUT2D eigenvalue weighted by molar-refractivity contribution is 0.0951. The molecule has 0 saturated carbocycles. The molecule has 0 aromatic carbocycles. The SMILES string of the molecule is CCCCCCCCCCCCNOP(=O)(O)OCCCC. The summed E-state index contributed by atoms with van der Waals surface area (Å²) in [5, 5.41) is 0. The molecule has 1 atom stereocenters. The van der Waals surface area contributed by atoms with Crippen LogP contribution in [0.25, 0.3) is 0 Å². The topological polar surface area (TPSA) is 67.8 Å². The van der Waals surface area contributed by atoms with Crippen LogP contribution in [0.2, 0.25) is 0 Å². The van der Waals surface area contributed by atoms with Gasteiger partial charge in [0.1, 0.15) is 0 Å². The van der Waals surface area contributed by atoms with E-state index < -0.39 is 7.82 Å². The molecule has 22 heavy (non-hydrogen) atoms. The van der Waals surface area contributed by atoms with Crippen molar-refractivity contribution in [3.8, 4) is 0 Å². The number of nitrogens with one attached hydrogen (secondary N) is 1. The Balaban J connectivity index is 3.24. The number of hydrogen-bond acceptors (Lipinski definition) is 4. The summed E-state index contributed by atoms with van der Waals surface area (Å²) in [7, 11) is -3.91. The Morgan fingerprint density at radius 2 is 1.32 bits per heavy atom. The summed E-state index contributed by atoms with van der Waals surface area (Å²) in [6.45, 7) is 5.07. The van der Waals surface area contributed by atoms with Crippen LogP contribution in [-0.4, -0.2) is 18.0 Å². The fourth-order valence-corrected chi connectivity index (χ4v) is 2.83. The quantitative estimate of drug-likeness (QED) is 0.213. The largest absolute Gasteiger partial charge is 0.488 e. The van der Waals surface area contributed by atoms with Gasteiger partial charge in [0.05, 0.1) is 6.61 Å². The first-order chi connectivity index (χ1) is 10.6. The molecule has 0 aromatic heterocycles. The van der Waals surface area contributed by atoms with Crippen LogP contribution in [0, 0.1) is 0 Å². The Morgan fingerprint density at radius 3 is 1.86 bits per heavy atom. The molecule has 0 radical (unpaired) electrons. The van der Waals surface area contributed by atoms with E-state index in [1.54, 1.807) is 0 Å². The van der Waals surface area contributed by atoms with E-state index in [1.165, 1.54) is 51.4 Å². The molecule has 0 aliphatic rings. The van der Waals surface area contributed by atoms with Gasteiger partial charge in [0.2, 0.25) is 0 Å². The molecule has 1 unspecified atom stereocenters. The highest BCUT2D eigenvalue weighted by molar-refractivity contribution is 7.47. The van der Waals surface area contributed by atoms with Crippen LogP contribution in [0.4, 0.5) is 0 Å². The molecule has 0 bridgehead atoms. The minimum absolute atomic E-state index is 0.254. The second kappa shape index (κ2) is 15.9. The van der Waals surface area contributed by atoms with E-state index in [4.69, 9.17) is 9.15 Å². The van der Waals surface area contributed by atoms with Gasteiger partial charge in [0, 0.05) is 6.54 Å². The van der Waals surface area contributed by atoms with Gasteiger partial charge in [-0.25, -0.2) is 4.57 Å². The van der Waals surface area contributed by atoms with Crippen LogP contribution < -0.4 is 5.48 Å². The van der Waals surface area contributed by atoms with Gasteiger partial charge in [-0.3, -0.25) is 4.52 Å². The maximum atomic E-state index is 11.4. The summed E-state index contributed by atoms with van der Waals surface area (Å²) < 4.78 is 20.9. The lowest BCUT2D eigenvalue weighted by Crippen LogP contribution is -2.15. The highest BCUT2D eigenvalue weighted by Crippen LogP contribution is 2.41. The Kier molecular flexibility index (Phi) is 16.0. The van der Waals surface area contributed by atoms with E-state index in [0.29, 0.717) is 6.54 Å². The van der Waals surface area contributed by atoms with Crippen molar-refractivity contribution in [3.63, 3.8) is 0 Å². The molecule has 5 nitrogen and oxygen atoms in total. The third-order valence-corrected chi connectivity index (χ3v) is 4.43. The monoisotopic (exact) mass is 337 g/mol. The van der Waals surface area contributed by atoms with Gasteiger partial charge in [-0.05, 0) is 12.8 Å². The zero-order chi connectivity index (χ0) is 16.5. The summed E-state index contributed by atoms with van der Waals surface area (Å²) in [6.07, 6.45) is 14.3. The van der Waals surface area contributed by atoms with E-state index >= 15 is 0 Å². The van der Waals surface area contributed by atoms with Crippen molar-refractivity contribution in [3.05, 3.63) is 0 Å². The molecule has 0 aliphatic carbocycles. The van der Waals surface area contributed by atoms with Crippen LogP contribution in [0.15, 0.2) is 0 Å². The first-order valence-electron chi connectivity index (χ1n) is 9.01. The third kappa shape index (κ3) is 16.4. The third-order valence-electron chi connectivity index (χ3n) is 3.56. The number of phosphoric acid groups is 1. The number of hydroxylamine groups is 1. The van der Waals surface area contributed by atoms with Crippen LogP contribution in [0.1, 0.15) is 90.9 Å². The lowest BCUT2D eigenvalue weighted by Gasteiger charge is -2.11. The maximum absolute atomic E-state index is 11.4. The van der Waals surface area contributed by atoms with Crippen LogP contribution in [0.3, 0.4) is 0 Å². The molecule has 0 aliphatic heterocycles. The number of phosphoric ester groups is 1. The van der Waals surface area contributed by atoms with Crippen LogP contribution in [-0.2, 0) is 13.7 Å². The molecule has 134 valence electrons. The van der Waals surface area contributed by atoms with E-state index in [2.05, 4.69) is 12.4 Å². The van der Waals surface area contributed by atoms with Crippen molar-refractivity contribution >= 4 is 7.82 Å². The molecule has 0 rings (SSSR count). The second-order valence-electron chi connectivity index (χ2n) is 5.82. The Hall–Kier alpha value is 0.0700. The van der Waals surface area contributed by atoms with E-state index in [9.17, 15) is 9.46 Å². The highest BCUT2D eigenvalue weighted by Gasteiger charge is 2.20. The molecular formula is C16H36NO4P. The van der Waals surface area contributed by atoms with Gasteiger partial charge in [-0.1, -0.05) is 78.1 Å². The maximum Gasteiger partial charge on any atom is 0.488 e. The van der Waals surface area contributed by atoms with Gasteiger partial charge in [-0.2, -0.15) is 10.1 Å². The summed E-state index contributed by atoms with van der Waals surface area (Å²) in [5.41, 5.74) is 2.54. The number of unbranched alkanes of at least 4 members (excludes halogenated alkanes) is 10. The molecule has 6 heteroatoms. The average Bonchev–Trinajstić information content (AvgIpc) is 2.48. The van der Waals surface area contributed by atoms with Crippen LogP contribution >= 0.6 is 7.82 Å². The molecule has 0 heterocycles. The zero-order valence-electron chi connectivity index (χ0n) is 14.5. The second-order valence-corrected chi connectivity index (χ2v) is 7.20. The normalized spacial score (nSPS) is 14.1. The van der Waals surface area contributed by atoms with E-state index in [1.807, 2.05) is 6.92 Å². The van der Waals surface area contributed by atoms with Crippen molar-refractivity contribution in [1.29, 1.82) is 0 Å². The predicted molar refractivity (Wildman–Crippen MR) is 91.6 cm³/mol. The molecular weight excluding hydrogens is 301 g/mol. The Morgan fingerprint density at radius 1 is 0.818 bits per heavy atom. The predicted octanol–water partition coefficient (Wildman–Crippen LogP) is 5.35. The van der Waals surface area contributed by atoms with E-state index in [-0.39, 0.29) is 6.61 Å². The standard InChI is InChI=1S/C16H36NO4P/c1-3-5-7-8-9-10-11-12-13-14-15-17-21-22(18,19)20-16-6-4-2/h17H,3-16H2,1-2H3,(H,18,19). The minimum Gasteiger partial charge on any atom is -0.301 e. The zero-order valence-corrected chi connectivity index (χ0v) is 15.4. The highest BCUT2D eigenvalue weighted by atomic mass is 31.2. The van der Waals surface area contributed by atoms with Crippen molar-refractivity contribution in [1.82, 2.24) is 5.48 Å². The van der Waals surface area contributed by atoms with Crippen molar-refractivity contribution < 1.29 is 18.6 Å². The van der Waals surface area contributed by atoms with Crippen molar-refractivity contribution in [2.75, 3.05) is 13.2 Å². The first kappa shape index (κ1) is 22.1. The summed E-state index contributed by atoms with van der Waals surface area (Å²) in [4.78, 5) is 9.35. The fraction of sp³-hybridized carbons (Fsp3) is 1.00.